The van der Waals surface area contributed by atoms with E-state index >= 15 is 0 Å². The average Bonchev–Trinajstić information content (AvgIpc) is 3.21. The third-order valence-electron chi connectivity index (χ3n) is 5.68. The molecule has 1 aromatic heterocycles. The third-order valence-corrected chi connectivity index (χ3v) is 7.53. The van der Waals surface area contributed by atoms with E-state index in [0.717, 1.165) is 15.1 Å². The van der Waals surface area contributed by atoms with E-state index in [9.17, 15) is 18.0 Å². The van der Waals surface area contributed by atoms with Gasteiger partial charge in [-0.05, 0) is 30.3 Å². The maximum absolute atomic E-state index is 13.0. The number of carbonyl (C=O) groups excluding carboxylic acids is 2. The molecule has 2 N–H and O–H groups in total. The van der Waals surface area contributed by atoms with Gasteiger partial charge in [-0.15, -0.1) is 0 Å². The standard InChI is InChI=1S/C24H21N3O6S/c1-32-22-12-18-17-7-2-3-8-20(17)33-21(18)13-19(22)26-24(29)15-5-4-6-16(11-15)34(30,31)27-10-9-25-23(28)14-27/h2-8,11-13H,9-10,14H2,1H3,(H,25,28)(H,26,29). The second kappa shape index (κ2) is 8.47. The van der Waals surface area contributed by atoms with Gasteiger partial charge in [-0.1, -0.05) is 24.3 Å². The maximum Gasteiger partial charge on any atom is 0.255 e. The summed E-state index contributed by atoms with van der Waals surface area (Å²) in [7, 11) is -2.43. The highest BCUT2D eigenvalue weighted by Crippen LogP contribution is 2.36. The number of nitrogens with one attached hydrogen (secondary N) is 2. The number of hydrogen-bond acceptors (Lipinski definition) is 6. The molecule has 1 aliphatic heterocycles. The maximum atomic E-state index is 13.0. The third kappa shape index (κ3) is 3.87. The molecule has 1 saturated heterocycles. The first-order chi connectivity index (χ1) is 16.4. The molecular formula is C24H21N3O6S. The Kier molecular flexibility index (Phi) is 5.46. The summed E-state index contributed by atoms with van der Waals surface area (Å²) in [5.74, 6) is -0.436. The van der Waals surface area contributed by atoms with Crippen LogP contribution in [-0.2, 0) is 14.8 Å². The molecule has 4 aromatic rings. The van der Waals surface area contributed by atoms with Gasteiger partial charge < -0.3 is 19.8 Å². The normalized spacial score (nSPS) is 14.8. The average molecular weight is 480 g/mol. The first kappa shape index (κ1) is 21.9. The lowest BCUT2D eigenvalue weighted by molar-refractivity contribution is -0.122. The van der Waals surface area contributed by atoms with Crippen molar-refractivity contribution in [2.75, 3.05) is 32.1 Å². The summed E-state index contributed by atoms with van der Waals surface area (Å²) in [4.78, 5) is 24.6. The number of piperazine rings is 1. The number of methoxy groups -OCH3 is 1. The van der Waals surface area contributed by atoms with Gasteiger partial charge in [0.05, 0.1) is 24.2 Å². The van der Waals surface area contributed by atoms with Gasteiger partial charge in [-0.25, -0.2) is 8.42 Å². The molecule has 34 heavy (non-hydrogen) atoms. The second-order valence-electron chi connectivity index (χ2n) is 7.82. The number of rotatable bonds is 5. The number of benzene rings is 3. The number of carbonyl (C=O) groups is 2. The number of ether oxygens (including phenoxy) is 1. The Morgan fingerprint density at radius 3 is 2.68 bits per heavy atom. The topological polar surface area (TPSA) is 118 Å². The molecule has 3 aromatic carbocycles. The lowest BCUT2D eigenvalue weighted by Crippen LogP contribution is -2.49. The fraction of sp³-hybridized carbons (Fsp3) is 0.167. The minimum atomic E-state index is -3.93. The van der Waals surface area contributed by atoms with E-state index in [1.807, 2.05) is 24.3 Å². The molecule has 2 amide bonds. The van der Waals surface area contributed by atoms with Crippen LogP contribution in [0, 0.1) is 0 Å². The molecule has 1 aliphatic rings. The molecule has 0 spiro atoms. The molecule has 174 valence electrons. The molecular weight excluding hydrogens is 458 g/mol. The summed E-state index contributed by atoms with van der Waals surface area (Å²) in [6.45, 7) is 0.148. The second-order valence-corrected chi connectivity index (χ2v) is 9.76. The van der Waals surface area contributed by atoms with Crippen LogP contribution in [0.2, 0.25) is 0 Å². The fourth-order valence-corrected chi connectivity index (χ4v) is 5.42. The van der Waals surface area contributed by atoms with Gasteiger partial charge in [0, 0.05) is 35.5 Å². The van der Waals surface area contributed by atoms with Crippen LogP contribution in [-0.4, -0.2) is 51.3 Å². The molecule has 0 atom stereocenters. The molecule has 9 nitrogen and oxygen atoms in total. The predicted molar refractivity (Wildman–Crippen MR) is 126 cm³/mol. The SMILES string of the molecule is COc1cc2c(cc1NC(=O)c1cccc(S(=O)(=O)N3CCNC(=O)C3)c1)oc1ccccc12. The minimum absolute atomic E-state index is 0.0606. The summed E-state index contributed by atoms with van der Waals surface area (Å²) in [5.41, 5.74) is 1.83. The summed E-state index contributed by atoms with van der Waals surface area (Å²) in [5, 5.41) is 7.16. The van der Waals surface area contributed by atoms with Crippen molar-refractivity contribution >= 4 is 49.5 Å². The van der Waals surface area contributed by atoms with Crippen molar-refractivity contribution in [2.45, 2.75) is 4.90 Å². The molecule has 2 heterocycles. The predicted octanol–water partition coefficient (Wildman–Crippen LogP) is 2.97. The summed E-state index contributed by atoms with van der Waals surface area (Å²) in [6.07, 6.45) is 0. The molecule has 0 unspecified atom stereocenters. The molecule has 5 rings (SSSR count). The molecule has 0 bridgehead atoms. The molecule has 0 saturated carbocycles. The summed E-state index contributed by atoms with van der Waals surface area (Å²) in [6, 6.07) is 16.8. The summed E-state index contributed by atoms with van der Waals surface area (Å²) >= 11 is 0. The van der Waals surface area contributed by atoms with Gasteiger partial charge in [-0.3, -0.25) is 9.59 Å². The molecule has 1 fully saturated rings. The van der Waals surface area contributed by atoms with Crippen LogP contribution in [0.3, 0.4) is 0 Å². The van der Waals surface area contributed by atoms with E-state index in [4.69, 9.17) is 9.15 Å². The van der Waals surface area contributed by atoms with E-state index in [1.165, 1.54) is 31.4 Å². The van der Waals surface area contributed by atoms with Gasteiger partial charge in [0.15, 0.2) is 0 Å². The van der Waals surface area contributed by atoms with Crippen LogP contribution in [0.25, 0.3) is 21.9 Å². The quantitative estimate of drug-likeness (QED) is 0.454. The van der Waals surface area contributed by atoms with E-state index in [0.29, 0.717) is 22.6 Å². The van der Waals surface area contributed by atoms with Gasteiger partial charge in [0.1, 0.15) is 16.9 Å². The first-order valence-electron chi connectivity index (χ1n) is 10.5. The van der Waals surface area contributed by atoms with E-state index < -0.39 is 15.9 Å². The van der Waals surface area contributed by atoms with Gasteiger partial charge >= 0.3 is 0 Å². The number of fused-ring (bicyclic) bond motifs is 3. The highest BCUT2D eigenvalue weighted by molar-refractivity contribution is 7.89. The Morgan fingerprint density at radius 2 is 1.88 bits per heavy atom. The van der Waals surface area contributed by atoms with Crippen molar-refractivity contribution in [3.63, 3.8) is 0 Å². The zero-order valence-electron chi connectivity index (χ0n) is 18.2. The number of amides is 2. The smallest absolute Gasteiger partial charge is 0.255 e. The zero-order chi connectivity index (χ0) is 23.9. The largest absolute Gasteiger partial charge is 0.495 e. The molecule has 0 aliphatic carbocycles. The van der Waals surface area contributed by atoms with E-state index in [1.54, 1.807) is 12.1 Å². The van der Waals surface area contributed by atoms with Crippen molar-refractivity contribution in [1.29, 1.82) is 0 Å². The van der Waals surface area contributed by atoms with Crippen LogP contribution in [0.15, 0.2) is 70.0 Å². The molecule has 10 heteroatoms. The Balaban J connectivity index is 1.45. The van der Waals surface area contributed by atoms with Gasteiger partial charge in [-0.2, -0.15) is 4.31 Å². The molecule has 0 radical (unpaired) electrons. The van der Waals surface area contributed by atoms with Crippen LogP contribution < -0.4 is 15.4 Å². The van der Waals surface area contributed by atoms with Crippen LogP contribution in [0.4, 0.5) is 5.69 Å². The van der Waals surface area contributed by atoms with E-state index in [2.05, 4.69) is 10.6 Å². The number of para-hydroxylation sites is 1. The van der Waals surface area contributed by atoms with E-state index in [-0.39, 0.29) is 36.0 Å². The lowest BCUT2D eigenvalue weighted by atomic mass is 10.1. The van der Waals surface area contributed by atoms with Gasteiger partial charge in [0.25, 0.3) is 5.91 Å². The van der Waals surface area contributed by atoms with Crippen LogP contribution >= 0.6 is 0 Å². The van der Waals surface area contributed by atoms with Crippen molar-refractivity contribution in [2.24, 2.45) is 0 Å². The van der Waals surface area contributed by atoms with Crippen LogP contribution in [0.1, 0.15) is 10.4 Å². The lowest BCUT2D eigenvalue weighted by Gasteiger charge is -2.26. The van der Waals surface area contributed by atoms with Crippen molar-refractivity contribution in [3.8, 4) is 5.75 Å². The Bertz CT molecular complexity index is 1540. The Labute approximate surface area is 195 Å². The Morgan fingerprint density at radius 1 is 1.06 bits per heavy atom. The fourth-order valence-electron chi connectivity index (χ4n) is 3.98. The minimum Gasteiger partial charge on any atom is -0.495 e. The highest BCUT2D eigenvalue weighted by Gasteiger charge is 2.29. The zero-order valence-corrected chi connectivity index (χ0v) is 19.0. The highest BCUT2D eigenvalue weighted by atomic mass is 32.2. The number of furan rings is 1. The number of nitrogens with zero attached hydrogens (tertiary/aromatic N) is 1. The summed E-state index contributed by atoms with van der Waals surface area (Å²) < 4.78 is 38.4. The van der Waals surface area contributed by atoms with Crippen molar-refractivity contribution in [3.05, 3.63) is 66.2 Å². The van der Waals surface area contributed by atoms with Crippen molar-refractivity contribution in [1.82, 2.24) is 9.62 Å². The van der Waals surface area contributed by atoms with Crippen LogP contribution in [0.5, 0.6) is 5.75 Å². The number of sulfonamides is 1. The Hall–Kier alpha value is -3.89. The first-order valence-corrected chi connectivity index (χ1v) is 12.0. The number of anilines is 1. The van der Waals surface area contributed by atoms with Gasteiger partial charge in [0.2, 0.25) is 15.9 Å². The van der Waals surface area contributed by atoms with Crippen molar-refractivity contribution < 1.29 is 27.2 Å². The monoisotopic (exact) mass is 479 g/mol. The number of hydrogen-bond donors (Lipinski definition) is 2.